The standard InChI is InChI=1S/C13H15ClFNO3S/c1-8-11(15)6-9(7-12(8)20(14,18)19)13(17)16-10-4-2-3-5-10/h6-7,10H,2-5H2,1H3,(H,16,17). The van der Waals surface area contributed by atoms with Crippen LogP contribution in [0.3, 0.4) is 0 Å². The third-order valence-electron chi connectivity index (χ3n) is 3.51. The topological polar surface area (TPSA) is 63.2 Å². The Balaban J connectivity index is 2.32. The van der Waals surface area contributed by atoms with Crippen molar-refractivity contribution in [2.24, 2.45) is 0 Å². The van der Waals surface area contributed by atoms with Crippen LogP contribution in [0.2, 0.25) is 0 Å². The van der Waals surface area contributed by atoms with E-state index in [-0.39, 0.29) is 22.1 Å². The monoisotopic (exact) mass is 319 g/mol. The van der Waals surface area contributed by atoms with Crippen LogP contribution < -0.4 is 5.32 Å². The van der Waals surface area contributed by atoms with Gasteiger partial charge in [-0.15, -0.1) is 0 Å². The second kappa shape index (κ2) is 5.69. The second-order valence-corrected chi connectivity index (χ2v) is 7.51. The number of rotatable bonds is 3. The summed E-state index contributed by atoms with van der Waals surface area (Å²) in [5.41, 5.74) is -0.114. The molecule has 2 rings (SSSR count). The van der Waals surface area contributed by atoms with Gasteiger partial charge in [0.05, 0.1) is 4.90 Å². The summed E-state index contributed by atoms with van der Waals surface area (Å²) < 4.78 is 36.5. The predicted molar refractivity (Wildman–Crippen MR) is 73.9 cm³/mol. The van der Waals surface area contributed by atoms with Gasteiger partial charge >= 0.3 is 0 Å². The molecule has 1 amide bonds. The van der Waals surface area contributed by atoms with Gasteiger partial charge < -0.3 is 5.32 Å². The summed E-state index contributed by atoms with van der Waals surface area (Å²) in [5.74, 6) is -1.24. The van der Waals surface area contributed by atoms with E-state index in [0.717, 1.165) is 37.8 Å². The van der Waals surface area contributed by atoms with E-state index >= 15 is 0 Å². The molecule has 20 heavy (non-hydrogen) atoms. The van der Waals surface area contributed by atoms with Crippen molar-refractivity contribution >= 4 is 25.6 Å². The summed E-state index contributed by atoms with van der Waals surface area (Å²) >= 11 is 0. The van der Waals surface area contributed by atoms with Gasteiger partial charge in [0.15, 0.2) is 0 Å². The van der Waals surface area contributed by atoms with Crippen molar-refractivity contribution in [2.45, 2.75) is 43.5 Å². The lowest BCUT2D eigenvalue weighted by Crippen LogP contribution is -2.32. The number of carbonyl (C=O) groups is 1. The summed E-state index contributed by atoms with van der Waals surface area (Å²) in [5, 5.41) is 2.78. The van der Waals surface area contributed by atoms with Crippen LogP contribution in [0.4, 0.5) is 4.39 Å². The highest BCUT2D eigenvalue weighted by Crippen LogP contribution is 2.24. The summed E-state index contributed by atoms with van der Waals surface area (Å²) in [7, 11) is 1.17. The number of hydrogen-bond acceptors (Lipinski definition) is 3. The summed E-state index contributed by atoms with van der Waals surface area (Å²) in [6.07, 6.45) is 3.88. The molecule has 0 heterocycles. The first-order valence-electron chi connectivity index (χ1n) is 6.34. The minimum absolute atomic E-state index is 0.0285. The molecule has 0 atom stereocenters. The van der Waals surface area contributed by atoms with Crippen molar-refractivity contribution in [3.05, 3.63) is 29.1 Å². The Morgan fingerprint density at radius 2 is 1.95 bits per heavy atom. The SMILES string of the molecule is Cc1c(F)cc(C(=O)NC2CCCC2)cc1S(=O)(=O)Cl. The van der Waals surface area contributed by atoms with Crippen LogP contribution in [-0.4, -0.2) is 20.4 Å². The van der Waals surface area contributed by atoms with Crippen LogP contribution in [0.25, 0.3) is 0 Å². The largest absolute Gasteiger partial charge is 0.349 e. The number of halogens is 2. The maximum absolute atomic E-state index is 13.7. The van der Waals surface area contributed by atoms with Gasteiger partial charge in [0.25, 0.3) is 15.0 Å². The summed E-state index contributed by atoms with van der Waals surface area (Å²) in [4.78, 5) is 11.7. The van der Waals surface area contributed by atoms with E-state index in [1.165, 1.54) is 6.92 Å². The van der Waals surface area contributed by atoms with E-state index in [1.54, 1.807) is 0 Å². The molecule has 1 aromatic carbocycles. The number of carbonyl (C=O) groups excluding carboxylic acids is 1. The molecule has 0 spiro atoms. The molecule has 0 aromatic heterocycles. The molecule has 1 saturated carbocycles. The van der Waals surface area contributed by atoms with E-state index in [2.05, 4.69) is 5.32 Å². The molecule has 0 bridgehead atoms. The van der Waals surface area contributed by atoms with Gasteiger partial charge in [-0.25, -0.2) is 12.8 Å². The van der Waals surface area contributed by atoms with Crippen LogP contribution in [0.1, 0.15) is 41.6 Å². The van der Waals surface area contributed by atoms with Crippen molar-refractivity contribution < 1.29 is 17.6 Å². The molecule has 1 aliphatic carbocycles. The van der Waals surface area contributed by atoms with Crippen molar-refractivity contribution in [3.8, 4) is 0 Å². The van der Waals surface area contributed by atoms with Crippen molar-refractivity contribution in [1.82, 2.24) is 5.32 Å². The molecule has 7 heteroatoms. The van der Waals surface area contributed by atoms with Crippen LogP contribution >= 0.6 is 10.7 Å². The molecule has 0 saturated heterocycles. The molecule has 1 aliphatic rings. The van der Waals surface area contributed by atoms with Crippen LogP contribution in [-0.2, 0) is 9.05 Å². The maximum atomic E-state index is 13.7. The molecule has 1 fully saturated rings. The third kappa shape index (κ3) is 3.30. The van der Waals surface area contributed by atoms with Gasteiger partial charge in [-0.1, -0.05) is 12.8 Å². The molecule has 110 valence electrons. The Labute approximate surface area is 121 Å². The first-order valence-corrected chi connectivity index (χ1v) is 8.65. The zero-order valence-electron chi connectivity index (χ0n) is 10.9. The molecular formula is C13H15ClFNO3S. The molecule has 1 N–H and O–H groups in total. The van der Waals surface area contributed by atoms with E-state index in [9.17, 15) is 17.6 Å². The lowest BCUT2D eigenvalue weighted by molar-refractivity contribution is 0.0937. The number of amides is 1. The van der Waals surface area contributed by atoms with Crippen molar-refractivity contribution in [1.29, 1.82) is 0 Å². The molecule has 1 aromatic rings. The number of hydrogen-bond donors (Lipinski definition) is 1. The first kappa shape index (κ1) is 15.3. The summed E-state index contributed by atoms with van der Waals surface area (Å²) in [6, 6.07) is 2.22. The van der Waals surface area contributed by atoms with E-state index in [4.69, 9.17) is 10.7 Å². The maximum Gasteiger partial charge on any atom is 0.261 e. The van der Waals surface area contributed by atoms with Crippen LogP contribution in [0.15, 0.2) is 17.0 Å². The Hall–Kier alpha value is -1.14. The van der Waals surface area contributed by atoms with Gasteiger partial charge in [-0.05, 0) is 31.9 Å². The number of benzene rings is 1. The minimum atomic E-state index is -4.09. The Bertz CT molecular complexity index is 639. The van der Waals surface area contributed by atoms with Gasteiger partial charge in [-0.2, -0.15) is 0 Å². The highest BCUT2D eigenvalue weighted by molar-refractivity contribution is 8.13. The zero-order valence-corrected chi connectivity index (χ0v) is 12.5. The fourth-order valence-corrected chi connectivity index (χ4v) is 3.59. The van der Waals surface area contributed by atoms with E-state index in [0.29, 0.717) is 0 Å². The molecule has 4 nitrogen and oxygen atoms in total. The highest BCUT2D eigenvalue weighted by atomic mass is 35.7. The molecule has 0 unspecified atom stereocenters. The van der Waals surface area contributed by atoms with Gasteiger partial charge in [0.1, 0.15) is 5.82 Å². The lowest BCUT2D eigenvalue weighted by atomic mass is 10.1. The van der Waals surface area contributed by atoms with Crippen LogP contribution in [0, 0.1) is 12.7 Å². The number of nitrogens with one attached hydrogen (secondary N) is 1. The average molecular weight is 320 g/mol. The predicted octanol–water partition coefficient (Wildman–Crippen LogP) is 2.73. The molecule has 0 radical (unpaired) electrons. The lowest BCUT2D eigenvalue weighted by Gasteiger charge is -2.13. The third-order valence-corrected chi connectivity index (χ3v) is 4.96. The average Bonchev–Trinajstić information content (AvgIpc) is 2.83. The van der Waals surface area contributed by atoms with Crippen molar-refractivity contribution in [2.75, 3.05) is 0 Å². The minimum Gasteiger partial charge on any atom is -0.349 e. The molecular weight excluding hydrogens is 305 g/mol. The van der Waals surface area contributed by atoms with Gasteiger partial charge in [0.2, 0.25) is 0 Å². The van der Waals surface area contributed by atoms with Gasteiger partial charge in [-0.3, -0.25) is 4.79 Å². The van der Waals surface area contributed by atoms with E-state index < -0.39 is 20.8 Å². The normalized spacial score (nSPS) is 16.4. The quantitative estimate of drug-likeness (QED) is 0.871. The Kier molecular flexibility index (Phi) is 4.34. The van der Waals surface area contributed by atoms with Gasteiger partial charge in [0, 0.05) is 27.9 Å². The second-order valence-electron chi connectivity index (χ2n) is 4.97. The van der Waals surface area contributed by atoms with Crippen molar-refractivity contribution in [3.63, 3.8) is 0 Å². The van der Waals surface area contributed by atoms with Crippen LogP contribution in [0.5, 0.6) is 0 Å². The van der Waals surface area contributed by atoms with E-state index in [1.807, 2.05) is 0 Å². The summed E-state index contributed by atoms with van der Waals surface area (Å²) in [6.45, 7) is 1.31. The fraction of sp³-hybridized carbons (Fsp3) is 0.462. The Morgan fingerprint density at radius 3 is 2.50 bits per heavy atom. The highest BCUT2D eigenvalue weighted by Gasteiger charge is 2.22. The first-order chi connectivity index (χ1) is 9.29. The smallest absolute Gasteiger partial charge is 0.261 e. The fourth-order valence-electron chi connectivity index (χ4n) is 2.38. The Morgan fingerprint density at radius 1 is 1.35 bits per heavy atom. The molecule has 0 aliphatic heterocycles. The zero-order chi connectivity index (χ0) is 14.9.